The minimum Gasteiger partial charge on any atom is -0.321 e. The molecule has 3 nitrogen and oxygen atoms in total. The molecule has 0 bridgehead atoms. The van der Waals surface area contributed by atoms with Gasteiger partial charge in [-0.1, -0.05) is 140 Å². The van der Waals surface area contributed by atoms with E-state index in [1.54, 1.807) is 0 Å². The molecule has 0 unspecified atom stereocenters. The fourth-order valence-electron chi connectivity index (χ4n) is 7.97. The van der Waals surface area contributed by atoms with Gasteiger partial charge in [0.2, 0.25) is 0 Å². The van der Waals surface area contributed by atoms with Crippen molar-refractivity contribution in [1.29, 1.82) is 0 Å². The second-order valence-corrected chi connectivity index (χ2v) is 17.2. The zero-order valence-corrected chi connectivity index (χ0v) is 32.1. The van der Waals surface area contributed by atoms with E-state index in [-0.39, 0.29) is 6.17 Å². The molecule has 254 valence electrons. The first-order valence-electron chi connectivity index (χ1n) is 18.2. The van der Waals surface area contributed by atoms with E-state index in [0.717, 1.165) is 0 Å². The summed E-state index contributed by atoms with van der Waals surface area (Å²) in [4.78, 5) is 12.9. The van der Waals surface area contributed by atoms with Gasteiger partial charge >= 0.3 is 0 Å². The Morgan fingerprint density at radius 1 is 0.440 bits per heavy atom. The number of nitrogens with zero attached hydrogens (tertiary/aromatic N) is 3. The molecule has 3 aliphatic rings. The van der Waals surface area contributed by atoms with Gasteiger partial charge in [0.05, 0.1) is 17.1 Å². The molecule has 5 aromatic rings. The van der Waals surface area contributed by atoms with Crippen molar-refractivity contribution in [2.45, 2.75) is 105 Å². The topological polar surface area (TPSA) is 9.72 Å². The molecule has 5 heteroatoms. The van der Waals surface area contributed by atoms with Crippen LogP contribution in [0.5, 0.6) is 0 Å². The molecule has 3 heterocycles. The highest BCUT2D eigenvalue weighted by Crippen LogP contribution is 2.61. The minimum atomic E-state index is -0.0599. The molecule has 0 spiro atoms. The van der Waals surface area contributed by atoms with Crippen LogP contribution in [0.25, 0.3) is 0 Å². The van der Waals surface area contributed by atoms with Gasteiger partial charge in [-0.25, -0.2) is 0 Å². The van der Waals surface area contributed by atoms with Crippen LogP contribution in [0.2, 0.25) is 0 Å². The highest BCUT2D eigenvalue weighted by atomic mass is 32.2. The summed E-state index contributed by atoms with van der Waals surface area (Å²) in [5.41, 5.74) is 13.4. The maximum Gasteiger partial charge on any atom is 0.136 e. The van der Waals surface area contributed by atoms with Crippen LogP contribution in [-0.4, -0.2) is 0 Å². The van der Waals surface area contributed by atoms with Crippen LogP contribution < -0.4 is 14.7 Å². The quantitative estimate of drug-likeness (QED) is 0.164. The fraction of sp³-hybridized carbons (Fsp3) is 0.289. The van der Waals surface area contributed by atoms with E-state index in [4.69, 9.17) is 0 Å². The molecule has 50 heavy (non-hydrogen) atoms. The highest BCUT2D eigenvalue weighted by Gasteiger charge is 2.39. The average molecular weight is 694 g/mol. The van der Waals surface area contributed by atoms with E-state index in [1.807, 2.05) is 23.5 Å². The third kappa shape index (κ3) is 5.36. The van der Waals surface area contributed by atoms with Gasteiger partial charge in [0.15, 0.2) is 0 Å². The van der Waals surface area contributed by atoms with E-state index in [0.29, 0.717) is 23.7 Å². The summed E-state index contributed by atoms with van der Waals surface area (Å²) < 4.78 is 0. The second-order valence-electron chi connectivity index (χ2n) is 15.0. The van der Waals surface area contributed by atoms with Crippen molar-refractivity contribution in [3.8, 4) is 0 Å². The summed E-state index contributed by atoms with van der Waals surface area (Å²) in [5.74, 6) is 1.55. The molecule has 5 aromatic carbocycles. The molecule has 0 N–H and O–H groups in total. The lowest BCUT2D eigenvalue weighted by atomic mass is 9.90. The number of anilines is 5. The summed E-state index contributed by atoms with van der Waals surface area (Å²) in [6, 6.07) is 36.6. The molecule has 0 saturated heterocycles. The van der Waals surface area contributed by atoms with Crippen LogP contribution in [0.4, 0.5) is 28.4 Å². The van der Waals surface area contributed by atoms with Gasteiger partial charge in [0, 0.05) is 43.4 Å². The molecule has 3 aliphatic heterocycles. The smallest absolute Gasteiger partial charge is 0.136 e. The normalized spacial score (nSPS) is 15.1. The van der Waals surface area contributed by atoms with Gasteiger partial charge in [0.25, 0.3) is 0 Å². The third-order valence-corrected chi connectivity index (χ3v) is 12.5. The van der Waals surface area contributed by atoms with E-state index in [2.05, 4.69) is 180 Å². The minimum absolute atomic E-state index is 0.0599. The molecule has 0 radical (unpaired) electrons. The number of para-hydroxylation sites is 4. The predicted octanol–water partition coefficient (Wildman–Crippen LogP) is 14.1. The fourth-order valence-corrected chi connectivity index (χ4v) is 10.3. The van der Waals surface area contributed by atoms with Crippen LogP contribution >= 0.6 is 23.5 Å². The SMILES string of the molecule is CC(C)c1cccc(C(C)C)c1N1C=CN(c2c(C(C)C)cccc2C(C)C)C1c1cc2c3c(c1)Sc1ccccc1N3c1ccccc1S2. The van der Waals surface area contributed by atoms with Gasteiger partial charge in [-0.3, -0.25) is 0 Å². The van der Waals surface area contributed by atoms with Crippen LogP contribution in [-0.2, 0) is 0 Å². The Hall–Kier alpha value is -4.06. The predicted molar refractivity (Wildman–Crippen MR) is 215 cm³/mol. The summed E-state index contributed by atoms with van der Waals surface area (Å²) in [6.45, 7) is 18.7. The number of hydrogen-bond acceptors (Lipinski definition) is 5. The standard InChI is InChI=1S/C45H47N3S2/c1-27(2)32-15-13-16-33(28(3)4)42(32)46-23-24-47(43-34(29(5)6)17-14-18-35(43)30(7)8)45(46)31-25-40-44-41(26-31)50-39-22-12-10-20-37(39)48(44)36-19-9-11-21-38(36)49-40/h9-30,45H,1-8H3. The van der Waals surface area contributed by atoms with Gasteiger partial charge in [0.1, 0.15) is 6.17 Å². The first-order chi connectivity index (χ1) is 24.1. The molecular weight excluding hydrogens is 647 g/mol. The van der Waals surface area contributed by atoms with E-state index >= 15 is 0 Å². The maximum absolute atomic E-state index is 2.60. The van der Waals surface area contributed by atoms with Crippen molar-refractivity contribution in [2.75, 3.05) is 14.7 Å². The first-order valence-corrected chi connectivity index (χ1v) is 19.8. The summed E-state index contributed by atoms with van der Waals surface area (Å²) in [7, 11) is 0. The number of rotatable bonds is 7. The molecule has 0 atom stereocenters. The monoisotopic (exact) mass is 693 g/mol. The number of benzene rings is 5. The Bertz CT molecular complexity index is 1930. The van der Waals surface area contributed by atoms with Gasteiger partial charge in [-0.15, -0.1) is 0 Å². The maximum atomic E-state index is 2.60. The molecule has 0 aromatic heterocycles. The van der Waals surface area contributed by atoms with Crippen molar-refractivity contribution in [2.24, 2.45) is 0 Å². The van der Waals surface area contributed by atoms with Crippen molar-refractivity contribution < 1.29 is 0 Å². The van der Waals surface area contributed by atoms with Gasteiger partial charge in [-0.05, 0) is 87.9 Å². The summed E-state index contributed by atoms with van der Waals surface area (Å²) >= 11 is 3.82. The Labute approximate surface area is 307 Å². The molecule has 8 rings (SSSR count). The molecule has 0 aliphatic carbocycles. The van der Waals surface area contributed by atoms with Crippen molar-refractivity contribution in [3.05, 3.63) is 137 Å². The van der Waals surface area contributed by atoms with Crippen molar-refractivity contribution >= 4 is 52.0 Å². The van der Waals surface area contributed by atoms with Crippen molar-refractivity contribution in [3.63, 3.8) is 0 Å². The second kappa shape index (κ2) is 12.9. The Kier molecular flexibility index (Phi) is 8.56. The van der Waals surface area contributed by atoms with Crippen LogP contribution in [0.15, 0.2) is 129 Å². The zero-order chi connectivity index (χ0) is 34.8. The Morgan fingerprint density at radius 2 is 0.820 bits per heavy atom. The third-order valence-electron chi connectivity index (χ3n) is 10.4. The zero-order valence-electron chi connectivity index (χ0n) is 30.4. The lowest BCUT2D eigenvalue weighted by Gasteiger charge is -2.41. The number of hydrogen-bond donors (Lipinski definition) is 0. The van der Waals surface area contributed by atoms with E-state index in [9.17, 15) is 0 Å². The Morgan fingerprint density at radius 3 is 1.20 bits per heavy atom. The van der Waals surface area contributed by atoms with Gasteiger partial charge in [-0.2, -0.15) is 0 Å². The summed E-state index contributed by atoms with van der Waals surface area (Å²) in [6.07, 6.45) is 4.66. The molecule has 0 saturated carbocycles. The highest BCUT2D eigenvalue weighted by molar-refractivity contribution is 8.00. The number of fused-ring (bicyclic) bond motifs is 4. The van der Waals surface area contributed by atoms with Gasteiger partial charge < -0.3 is 14.7 Å². The van der Waals surface area contributed by atoms with E-state index in [1.165, 1.54) is 75.8 Å². The van der Waals surface area contributed by atoms with Crippen LogP contribution in [0.3, 0.4) is 0 Å². The van der Waals surface area contributed by atoms with E-state index < -0.39 is 0 Å². The van der Waals surface area contributed by atoms with Crippen LogP contribution in [0, 0.1) is 0 Å². The first kappa shape index (κ1) is 33.1. The largest absolute Gasteiger partial charge is 0.321 e. The van der Waals surface area contributed by atoms with Crippen molar-refractivity contribution in [1.82, 2.24) is 0 Å². The lowest BCUT2D eigenvalue weighted by Crippen LogP contribution is -2.33. The molecule has 0 fully saturated rings. The summed E-state index contributed by atoms with van der Waals surface area (Å²) in [5, 5.41) is 0. The lowest BCUT2D eigenvalue weighted by molar-refractivity contribution is 0.698. The Balaban J connectivity index is 1.39. The van der Waals surface area contributed by atoms with Crippen LogP contribution in [0.1, 0.15) is 113 Å². The molecule has 0 amide bonds. The average Bonchev–Trinajstić information content (AvgIpc) is 3.55. The molecular formula is C45H47N3S2.